The predicted molar refractivity (Wildman–Crippen MR) is 80.4 cm³/mol. The van der Waals surface area contributed by atoms with Crippen molar-refractivity contribution in [3.05, 3.63) is 28.7 Å². The molecule has 2 N–H and O–H groups in total. The molecule has 19 heavy (non-hydrogen) atoms. The molecule has 0 amide bonds. The molecule has 0 radical (unpaired) electrons. The Morgan fingerprint density at radius 1 is 1.37 bits per heavy atom. The van der Waals surface area contributed by atoms with Gasteiger partial charge in [-0.1, -0.05) is 29.3 Å². The van der Waals surface area contributed by atoms with Gasteiger partial charge in [-0.2, -0.15) is 0 Å². The zero-order valence-corrected chi connectivity index (χ0v) is 12.7. The molecule has 0 aromatic heterocycles. The van der Waals surface area contributed by atoms with E-state index in [0.717, 1.165) is 29.4 Å². The normalized spacial score (nSPS) is 26.9. The first-order valence-electron chi connectivity index (χ1n) is 6.83. The summed E-state index contributed by atoms with van der Waals surface area (Å²) in [4.78, 5) is 11.7. The molecule has 0 heterocycles. The molecule has 0 unspecified atom stereocenters. The number of hydrogen-bond donors (Lipinski definition) is 2. The molecule has 0 bridgehead atoms. The minimum Gasteiger partial charge on any atom is -0.480 e. The highest BCUT2D eigenvalue weighted by atomic mass is 79.9. The Labute approximate surface area is 122 Å². The van der Waals surface area contributed by atoms with Crippen LogP contribution in [0.5, 0.6) is 0 Å². The van der Waals surface area contributed by atoms with Crippen molar-refractivity contribution in [2.75, 3.05) is 5.32 Å². The van der Waals surface area contributed by atoms with Crippen molar-refractivity contribution in [3.63, 3.8) is 0 Å². The Morgan fingerprint density at radius 2 is 1.95 bits per heavy atom. The Hall–Kier alpha value is -1.03. The summed E-state index contributed by atoms with van der Waals surface area (Å²) < 4.78 is 0.997. The summed E-state index contributed by atoms with van der Waals surface area (Å²) >= 11 is 3.39. The van der Waals surface area contributed by atoms with E-state index in [2.05, 4.69) is 28.2 Å². The summed E-state index contributed by atoms with van der Waals surface area (Å²) in [7, 11) is 0. The number of carboxylic acids is 1. The zero-order chi connectivity index (χ0) is 13.9. The first-order chi connectivity index (χ1) is 9.05. The number of benzene rings is 1. The molecular formula is C15H20BrNO2. The van der Waals surface area contributed by atoms with E-state index in [9.17, 15) is 9.90 Å². The minimum absolute atomic E-state index is 0.680. The fourth-order valence-corrected chi connectivity index (χ4v) is 3.04. The third-order valence-electron chi connectivity index (χ3n) is 4.17. The van der Waals surface area contributed by atoms with Gasteiger partial charge < -0.3 is 10.4 Å². The van der Waals surface area contributed by atoms with Crippen LogP contribution in [0.3, 0.4) is 0 Å². The molecule has 1 aromatic carbocycles. The number of aliphatic carboxylic acids is 1. The van der Waals surface area contributed by atoms with E-state index in [1.54, 1.807) is 0 Å². The van der Waals surface area contributed by atoms with Crippen LogP contribution < -0.4 is 5.32 Å². The highest BCUT2D eigenvalue weighted by Gasteiger charge is 2.41. The van der Waals surface area contributed by atoms with Gasteiger partial charge in [0.1, 0.15) is 5.54 Å². The number of carboxylic acid groups (broad SMARTS) is 1. The van der Waals surface area contributed by atoms with Gasteiger partial charge in [0.05, 0.1) is 0 Å². The second-order valence-corrected chi connectivity index (χ2v) is 6.29. The average molecular weight is 326 g/mol. The van der Waals surface area contributed by atoms with Crippen LogP contribution in [0.1, 0.15) is 39.0 Å². The maximum atomic E-state index is 11.7. The predicted octanol–water partition coefficient (Wildman–Crippen LogP) is 4.28. The third kappa shape index (κ3) is 3.30. The topological polar surface area (TPSA) is 49.3 Å². The summed E-state index contributed by atoms with van der Waals surface area (Å²) in [5, 5.41) is 12.8. The maximum Gasteiger partial charge on any atom is 0.329 e. The number of hydrogen-bond acceptors (Lipinski definition) is 2. The van der Waals surface area contributed by atoms with Gasteiger partial charge in [-0.3, -0.25) is 0 Å². The average Bonchev–Trinajstić information content (AvgIpc) is 2.42. The monoisotopic (exact) mass is 325 g/mol. The fourth-order valence-electron chi connectivity index (χ4n) is 2.78. The van der Waals surface area contributed by atoms with Crippen LogP contribution in [0.4, 0.5) is 5.69 Å². The fraction of sp³-hybridized carbons (Fsp3) is 0.533. The van der Waals surface area contributed by atoms with Gasteiger partial charge in [0.25, 0.3) is 0 Å². The van der Waals surface area contributed by atoms with Gasteiger partial charge in [-0.05, 0) is 55.9 Å². The first-order valence-corrected chi connectivity index (χ1v) is 7.62. The van der Waals surface area contributed by atoms with Gasteiger partial charge in [-0.15, -0.1) is 0 Å². The van der Waals surface area contributed by atoms with Crippen molar-refractivity contribution in [3.8, 4) is 0 Å². The van der Waals surface area contributed by atoms with E-state index >= 15 is 0 Å². The van der Waals surface area contributed by atoms with E-state index in [-0.39, 0.29) is 0 Å². The molecule has 0 atom stereocenters. The molecule has 2 rings (SSSR count). The summed E-state index contributed by atoms with van der Waals surface area (Å²) in [5.41, 5.74) is 0.0833. The number of anilines is 1. The van der Waals surface area contributed by atoms with Gasteiger partial charge in [0.2, 0.25) is 0 Å². The molecule has 104 valence electrons. The second kappa shape index (κ2) is 5.95. The van der Waals surface area contributed by atoms with E-state index in [0.29, 0.717) is 18.8 Å². The van der Waals surface area contributed by atoms with Crippen LogP contribution in [-0.2, 0) is 4.79 Å². The van der Waals surface area contributed by atoms with Crippen LogP contribution in [0.15, 0.2) is 28.7 Å². The maximum absolute atomic E-state index is 11.7. The standard InChI is InChI=1S/C15H20BrNO2/c1-2-11-7-9-15(10-8-11,14(18)19)17-13-5-3-12(16)4-6-13/h3-6,11,17H,2,7-10H2,1H3,(H,18,19). The Kier molecular flexibility index (Phi) is 4.50. The molecule has 3 nitrogen and oxygen atoms in total. The Morgan fingerprint density at radius 3 is 2.42 bits per heavy atom. The van der Waals surface area contributed by atoms with Crippen molar-refractivity contribution in [2.24, 2.45) is 5.92 Å². The molecule has 4 heteroatoms. The lowest BCUT2D eigenvalue weighted by atomic mass is 9.75. The van der Waals surface area contributed by atoms with Crippen LogP contribution in [0.25, 0.3) is 0 Å². The lowest BCUT2D eigenvalue weighted by molar-refractivity contribution is -0.143. The molecule has 1 fully saturated rings. The summed E-state index contributed by atoms with van der Waals surface area (Å²) in [5.74, 6) is -0.0517. The van der Waals surface area contributed by atoms with E-state index in [4.69, 9.17) is 0 Å². The lowest BCUT2D eigenvalue weighted by Gasteiger charge is -2.38. The van der Waals surface area contributed by atoms with Crippen molar-refractivity contribution in [2.45, 2.75) is 44.6 Å². The molecular weight excluding hydrogens is 306 g/mol. The van der Waals surface area contributed by atoms with E-state index in [1.165, 1.54) is 0 Å². The van der Waals surface area contributed by atoms with Crippen LogP contribution in [-0.4, -0.2) is 16.6 Å². The van der Waals surface area contributed by atoms with Crippen molar-refractivity contribution in [1.82, 2.24) is 0 Å². The van der Waals surface area contributed by atoms with Crippen molar-refractivity contribution >= 4 is 27.6 Å². The number of nitrogens with one attached hydrogen (secondary N) is 1. The van der Waals surface area contributed by atoms with Crippen molar-refractivity contribution in [1.29, 1.82) is 0 Å². The molecule has 1 aliphatic carbocycles. The molecule has 1 saturated carbocycles. The summed E-state index contributed by atoms with van der Waals surface area (Å²) in [6.45, 7) is 2.18. The molecule has 0 spiro atoms. The third-order valence-corrected chi connectivity index (χ3v) is 4.70. The van der Waals surface area contributed by atoms with Gasteiger partial charge in [0.15, 0.2) is 0 Å². The Balaban J connectivity index is 2.12. The number of carbonyl (C=O) groups is 1. The summed E-state index contributed by atoms with van der Waals surface area (Å²) in [6.07, 6.45) is 4.54. The quantitative estimate of drug-likeness (QED) is 0.868. The smallest absolute Gasteiger partial charge is 0.329 e. The van der Waals surface area contributed by atoms with Gasteiger partial charge in [-0.25, -0.2) is 4.79 Å². The van der Waals surface area contributed by atoms with Gasteiger partial charge in [0, 0.05) is 10.2 Å². The van der Waals surface area contributed by atoms with Crippen LogP contribution in [0, 0.1) is 5.92 Å². The van der Waals surface area contributed by atoms with Crippen LogP contribution in [0.2, 0.25) is 0 Å². The first kappa shape index (κ1) is 14.4. The number of rotatable bonds is 4. The molecule has 1 aromatic rings. The van der Waals surface area contributed by atoms with E-state index < -0.39 is 11.5 Å². The van der Waals surface area contributed by atoms with E-state index in [1.807, 2.05) is 24.3 Å². The van der Waals surface area contributed by atoms with Crippen molar-refractivity contribution < 1.29 is 9.90 Å². The summed E-state index contributed by atoms with van der Waals surface area (Å²) in [6, 6.07) is 7.69. The lowest BCUT2D eigenvalue weighted by Crippen LogP contribution is -2.49. The minimum atomic E-state index is -0.792. The molecule has 0 saturated heterocycles. The highest BCUT2D eigenvalue weighted by molar-refractivity contribution is 9.10. The van der Waals surface area contributed by atoms with Crippen LogP contribution >= 0.6 is 15.9 Å². The second-order valence-electron chi connectivity index (χ2n) is 5.37. The highest BCUT2D eigenvalue weighted by Crippen LogP contribution is 2.36. The molecule has 1 aliphatic rings. The Bertz CT molecular complexity index is 436. The molecule has 0 aliphatic heterocycles. The largest absolute Gasteiger partial charge is 0.480 e. The van der Waals surface area contributed by atoms with Gasteiger partial charge >= 0.3 is 5.97 Å². The SMILES string of the molecule is CCC1CCC(Nc2ccc(Br)cc2)(C(=O)O)CC1. The zero-order valence-electron chi connectivity index (χ0n) is 11.2. The number of halogens is 1.